The van der Waals surface area contributed by atoms with Gasteiger partial charge in [0.05, 0.1) is 0 Å². The summed E-state index contributed by atoms with van der Waals surface area (Å²) in [6.07, 6.45) is 0. The van der Waals surface area contributed by atoms with Crippen LogP contribution in [0.25, 0.3) is 0 Å². The highest BCUT2D eigenvalue weighted by Gasteiger charge is 2.01. The number of rotatable bonds is 8. The minimum absolute atomic E-state index is 0.916. The van der Waals surface area contributed by atoms with E-state index in [-0.39, 0.29) is 0 Å². The largest absolute Gasteiger partial charge is 0.309 e. The topological polar surface area (TPSA) is 15.3 Å². The Morgan fingerprint density at radius 2 is 1.45 bits per heavy atom. The molecule has 2 heteroatoms. The van der Waals surface area contributed by atoms with Crippen LogP contribution in [0.2, 0.25) is 0 Å². The van der Waals surface area contributed by atoms with Gasteiger partial charge in [-0.3, -0.25) is 4.90 Å². The van der Waals surface area contributed by atoms with Crippen LogP contribution in [0.5, 0.6) is 0 Å². The first-order chi connectivity index (χ1) is 10.7. The van der Waals surface area contributed by atoms with E-state index in [9.17, 15) is 0 Å². The highest BCUT2D eigenvalue weighted by Crippen LogP contribution is 2.08. The van der Waals surface area contributed by atoms with Crippen molar-refractivity contribution in [3.63, 3.8) is 0 Å². The van der Waals surface area contributed by atoms with Crippen molar-refractivity contribution in [1.82, 2.24) is 10.2 Å². The predicted octanol–water partition coefficient (Wildman–Crippen LogP) is 4.13. The zero-order valence-electron chi connectivity index (χ0n) is 14.1. The predicted molar refractivity (Wildman–Crippen MR) is 94.8 cm³/mol. The fraction of sp³-hybridized carbons (Fsp3) is 0.400. The Hall–Kier alpha value is -1.64. The van der Waals surface area contributed by atoms with Crippen LogP contribution >= 0.6 is 0 Å². The van der Waals surface area contributed by atoms with Gasteiger partial charge >= 0.3 is 0 Å². The molecule has 0 aromatic heterocycles. The van der Waals surface area contributed by atoms with Crippen molar-refractivity contribution in [2.24, 2.45) is 0 Å². The maximum Gasteiger partial charge on any atom is 0.0233 e. The van der Waals surface area contributed by atoms with E-state index in [4.69, 9.17) is 0 Å². The first kappa shape index (κ1) is 16.7. The Bertz CT molecular complexity index is 556. The van der Waals surface area contributed by atoms with Crippen LogP contribution in [0.3, 0.4) is 0 Å². The first-order valence-corrected chi connectivity index (χ1v) is 8.27. The molecular formula is C20H28N2. The van der Waals surface area contributed by atoms with Gasteiger partial charge in [0.25, 0.3) is 0 Å². The molecule has 118 valence electrons. The van der Waals surface area contributed by atoms with E-state index in [1.165, 1.54) is 22.3 Å². The fourth-order valence-corrected chi connectivity index (χ4v) is 2.64. The summed E-state index contributed by atoms with van der Waals surface area (Å²) in [4.78, 5) is 2.44. The molecule has 0 aliphatic rings. The summed E-state index contributed by atoms with van der Waals surface area (Å²) in [6.45, 7) is 11.7. The average molecular weight is 296 g/mol. The molecule has 2 nitrogen and oxygen atoms in total. The van der Waals surface area contributed by atoms with Crippen LogP contribution in [-0.2, 0) is 19.6 Å². The van der Waals surface area contributed by atoms with Gasteiger partial charge in [0.1, 0.15) is 0 Å². The Kier molecular flexibility index (Phi) is 6.63. The summed E-state index contributed by atoms with van der Waals surface area (Å²) in [5.74, 6) is 0. The molecule has 0 aliphatic heterocycles. The van der Waals surface area contributed by atoms with E-state index in [2.05, 4.69) is 79.5 Å². The maximum atomic E-state index is 3.52. The molecule has 0 aliphatic carbocycles. The van der Waals surface area contributed by atoms with Crippen molar-refractivity contribution in [1.29, 1.82) is 0 Å². The molecule has 0 spiro atoms. The van der Waals surface area contributed by atoms with Gasteiger partial charge in [0.15, 0.2) is 0 Å². The van der Waals surface area contributed by atoms with Crippen LogP contribution < -0.4 is 5.32 Å². The molecular weight excluding hydrogens is 268 g/mol. The van der Waals surface area contributed by atoms with E-state index < -0.39 is 0 Å². The fourth-order valence-electron chi connectivity index (χ4n) is 2.64. The van der Waals surface area contributed by atoms with Crippen molar-refractivity contribution < 1.29 is 0 Å². The lowest BCUT2D eigenvalue weighted by Gasteiger charge is -2.18. The van der Waals surface area contributed by atoms with Gasteiger partial charge < -0.3 is 5.32 Å². The third-order valence-corrected chi connectivity index (χ3v) is 4.06. The van der Waals surface area contributed by atoms with Crippen molar-refractivity contribution in [2.45, 2.75) is 40.4 Å². The third-order valence-electron chi connectivity index (χ3n) is 4.06. The van der Waals surface area contributed by atoms with Crippen LogP contribution in [-0.4, -0.2) is 18.0 Å². The number of nitrogens with zero attached hydrogens (tertiary/aromatic N) is 1. The van der Waals surface area contributed by atoms with E-state index in [1.807, 2.05) is 0 Å². The lowest BCUT2D eigenvalue weighted by atomic mass is 10.1. The smallest absolute Gasteiger partial charge is 0.0233 e. The van der Waals surface area contributed by atoms with Gasteiger partial charge in [-0.2, -0.15) is 0 Å². The Labute approximate surface area is 135 Å². The average Bonchev–Trinajstić information content (AvgIpc) is 2.54. The van der Waals surface area contributed by atoms with Crippen molar-refractivity contribution in [3.05, 3.63) is 70.8 Å². The minimum Gasteiger partial charge on any atom is -0.309 e. The van der Waals surface area contributed by atoms with Crippen LogP contribution in [0.1, 0.15) is 36.1 Å². The molecule has 2 aromatic rings. The standard InChI is InChI=1S/C20H28N2/c1-4-22(5-2)16-19-11-9-18(10-12-19)14-21-15-20-8-6-7-17(3)13-20/h6-13,21H,4-5,14-16H2,1-3H3. The molecule has 1 N–H and O–H groups in total. The summed E-state index contributed by atoms with van der Waals surface area (Å²) >= 11 is 0. The van der Waals surface area contributed by atoms with E-state index in [0.29, 0.717) is 0 Å². The van der Waals surface area contributed by atoms with Gasteiger partial charge in [0.2, 0.25) is 0 Å². The van der Waals surface area contributed by atoms with Crippen LogP contribution in [0.4, 0.5) is 0 Å². The zero-order valence-corrected chi connectivity index (χ0v) is 14.1. The molecule has 2 rings (SSSR count). The summed E-state index contributed by atoms with van der Waals surface area (Å²) < 4.78 is 0. The molecule has 0 unspecified atom stereocenters. The Morgan fingerprint density at radius 1 is 0.818 bits per heavy atom. The van der Waals surface area contributed by atoms with Crippen LogP contribution in [0.15, 0.2) is 48.5 Å². The minimum atomic E-state index is 0.916. The number of hydrogen-bond acceptors (Lipinski definition) is 2. The summed E-state index contributed by atoms with van der Waals surface area (Å²) in [5.41, 5.74) is 5.40. The summed E-state index contributed by atoms with van der Waals surface area (Å²) in [5, 5.41) is 3.52. The third kappa shape index (κ3) is 5.28. The molecule has 22 heavy (non-hydrogen) atoms. The van der Waals surface area contributed by atoms with Gasteiger partial charge in [-0.1, -0.05) is 67.9 Å². The molecule has 0 saturated carbocycles. The van der Waals surface area contributed by atoms with Crippen molar-refractivity contribution in [2.75, 3.05) is 13.1 Å². The highest BCUT2D eigenvalue weighted by atomic mass is 15.1. The number of benzene rings is 2. The number of aryl methyl sites for hydroxylation is 1. The molecule has 0 bridgehead atoms. The molecule has 0 heterocycles. The highest BCUT2D eigenvalue weighted by molar-refractivity contribution is 5.24. The molecule has 0 fully saturated rings. The lowest BCUT2D eigenvalue weighted by Crippen LogP contribution is -2.22. The lowest BCUT2D eigenvalue weighted by molar-refractivity contribution is 0.296. The molecule has 0 amide bonds. The van der Waals surface area contributed by atoms with E-state index in [0.717, 1.165) is 32.7 Å². The Balaban J connectivity index is 1.81. The van der Waals surface area contributed by atoms with Gasteiger partial charge in [-0.15, -0.1) is 0 Å². The summed E-state index contributed by atoms with van der Waals surface area (Å²) in [6, 6.07) is 17.6. The quantitative estimate of drug-likeness (QED) is 0.788. The van der Waals surface area contributed by atoms with Gasteiger partial charge in [0, 0.05) is 19.6 Å². The molecule has 0 radical (unpaired) electrons. The van der Waals surface area contributed by atoms with Gasteiger partial charge in [-0.25, -0.2) is 0 Å². The Morgan fingerprint density at radius 3 is 2.09 bits per heavy atom. The van der Waals surface area contributed by atoms with Gasteiger partial charge in [-0.05, 0) is 36.7 Å². The molecule has 0 atom stereocenters. The number of hydrogen-bond donors (Lipinski definition) is 1. The zero-order chi connectivity index (χ0) is 15.8. The van der Waals surface area contributed by atoms with Crippen molar-refractivity contribution in [3.8, 4) is 0 Å². The maximum absolute atomic E-state index is 3.52. The molecule has 0 saturated heterocycles. The van der Waals surface area contributed by atoms with E-state index >= 15 is 0 Å². The second-order valence-electron chi connectivity index (χ2n) is 5.87. The monoisotopic (exact) mass is 296 g/mol. The SMILES string of the molecule is CCN(CC)Cc1ccc(CNCc2cccc(C)c2)cc1. The van der Waals surface area contributed by atoms with Crippen LogP contribution in [0, 0.1) is 6.92 Å². The second-order valence-corrected chi connectivity index (χ2v) is 5.87. The molecule has 2 aromatic carbocycles. The van der Waals surface area contributed by atoms with Crippen molar-refractivity contribution >= 4 is 0 Å². The second kappa shape index (κ2) is 8.72. The number of nitrogens with one attached hydrogen (secondary N) is 1. The normalized spacial score (nSPS) is 11.1. The summed E-state index contributed by atoms with van der Waals surface area (Å²) in [7, 11) is 0. The first-order valence-electron chi connectivity index (χ1n) is 8.27. The van der Waals surface area contributed by atoms with E-state index in [1.54, 1.807) is 0 Å².